The second-order valence-corrected chi connectivity index (χ2v) is 3.69. The molecule has 0 saturated carbocycles. The summed E-state index contributed by atoms with van der Waals surface area (Å²) >= 11 is 4.77. The topological polar surface area (TPSA) is 61.0 Å². The van der Waals surface area contributed by atoms with Crippen molar-refractivity contribution in [2.45, 2.75) is 0 Å². The van der Waals surface area contributed by atoms with Gasteiger partial charge in [-0.1, -0.05) is 12.2 Å². The summed E-state index contributed by atoms with van der Waals surface area (Å²) in [5, 5.41) is 0. The van der Waals surface area contributed by atoms with Gasteiger partial charge < -0.3 is 10.5 Å². The highest BCUT2D eigenvalue weighted by atomic mass is 32.1. The zero-order valence-electron chi connectivity index (χ0n) is 8.93. The molecule has 0 fully saturated rings. The van der Waals surface area contributed by atoms with E-state index in [4.69, 9.17) is 22.7 Å². The highest BCUT2D eigenvalue weighted by Gasteiger charge is 2.11. The monoisotopic (exact) mass is 267 g/mol. The van der Waals surface area contributed by atoms with Gasteiger partial charge in [-0.2, -0.15) is 0 Å². The fourth-order valence-electron chi connectivity index (χ4n) is 1.22. The molecule has 0 atom stereocenters. The molecule has 7 heteroatoms. The predicted octanol–water partition coefficient (Wildman–Crippen LogP) is 2.18. The molecule has 0 aliphatic carbocycles. The number of nitrogens with two attached hydrogens (primary N) is 1. The van der Waals surface area contributed by atoms with Crippen LogP contribution in [-0.2, 0) is 0 Å². The van der Waals surface area contributed by atoms with E-state index in [2.05, 4.69) is 9.97 Å². The van der Waals surface area contributed by atoms with E-state index in [9.17, 15) is 8.78 Å². The van der Waals surface area contributed by atoms with E-state index in [0.717, 1.165) is 12.1 Å². The van der Waals surface area contributed by atoms with E-state index < -0.39 is 11.6 Å². The first kappa shape index (κ1) is 12.3. The highest BCUT2D eigenvalue weighted by molar-refractivity contribution is 7.80. The second kappa shape index (κ2) is 5.01. The van der Waals surface area contributed by atoms with Crippen LogP contribution >= 0.6 is 12.2 Å². The van der Waals surface area contributed by atoms with Gasteiger partial charge in [-0.05, 0) is 12.1 Å². The van der Waals surface area contributed by atoms with Crippen LogP contribution in [0.1, 0.15) is 5.69 Å². The van der Waals surface area contributed by atoms with Crippen molar-refractivity contribution >= 4 is 17.2 Å². The third kappa shape index (κ3) is 2.57. The van der Waals surface area contributed by atoms with Gasteiger partial charge in [0.25, 0.3) is 0 Å². The third-order valence-corrected chi connectivity index (χ3v) is 2.20. The van der Waals surface area contributed by atoms with Crippen molar-refractivity contribution < 1.29 is 13.5 Å². The molecule has 0 bridgehead atoms. The summed E-state index contributed by atoms with van der Waals surface area (Å²) in [6, 6.07) is 3.10. The summed E-state index contributed by atoms with van der Waals surface area (Å²) in [7, 11) is 0. The van der Waals surface area contributed by atoms with E-state index in [0.29, 0.717) is 0 Å². The van der Waals surface area contributed by atoms with Crippen molar-refractivity contribution in [3.63, 3.8) is 0 Å². The fourth-order valence-corrected chi connectivity index (χ4v) is 1.36. The lowest BCUT2D eigenvalue weighted by Crippen LogP contribution is -2.13. The Morgan fingerprint density at radius 1 is 1.17 bits per heavy atom. The lowest BCUT2D eigenvalue weighted by Gasteiger charge is -2.07. The first-order valence-corrected chi connectivity index (χ1v) is 5.22. The van der Waals surface area contributed by atoms with Crippen molar-refractivity contribution in [2.75, 3.05) is 0 Å². The smallest absolute Gasteiger partial charge is 0.248 e. The van der Waals surface area contributed by atoms with E-state index in [1.165, 1.54) is 18.5 Å². The number of rotatable bonds is 3. The molecule has 18 heavy (non-hydrogen) atoms. The molecule has 0 amide bonds. The maximum Gasteiger partial charge on any atom is 0.248 e. The van der Waals surface area contributed by atoms with E-state index in [-0.39, 0.29) is 22.3 Å². The standard InChI is InChI=1S/C11H7F2N3OS/c12-7-2-1-6(5-8(7)13)17-11-9(10(14)18)15-3-4-16-11/h1-5H,(H2,14,18). The summed E-state index contributed by atoms with van der Waals surface area (Å²) in [6.45, 7) is 0. The summed E-state index contributed by atoms with van der Waals surface area (Å²) in [6.07, 6.45) is 2.77. The van der Waals surface area contributed by atoms with Gasteiger partial charge in [0.15, 0.2) is 17.3 Å². The normalized spacial score (nSPS) is 10.1. The SMILES string of the molecule is NC(=S)c1nccnc1Oc1ccc(F)c(F)c1. The average Bonchev–Trinajstić information content (AvgIpc) is 2.34. The van der Waals surface area contributed by atoms with Crippen molar-refractivity contribution in [1.29, 1.82) is 0 Å². The molecule has 2 aromatic rings. The third-order valence-electron chi connectivity index (χ3n) is 2.00. The van der Waals surface area contributed by atoms with Gasteiger partial charge in [-0.25, -0.2) is 18.7 Å². The average molecular weight is 267 g/mol. The van der Waals surface area contributed by atoms with E-state index in [1.54, 1.807) is 0 Å². The van der Waals surface area contributed by atoms with Gasteiger partial charge in [0.1, 0.15) is 10.7 Å². The number of nitrogens with zero attached hydrogens (tertiary/aromatic N) is 2. The molecule has 1 aromatic carbocycles. The number of aromatic nitrogens is 2. The predicted molar refractivity (Wildman–Crippen MR) is 64.4 cm³/mol. The van der Waals surface area contributed by atoms with Crippen LogP contribution in [0.2, 0.25) is 0 Å². The Hall–Kier alpha value is -2.15. The molecule has 4 nitrogen and oxygen atoms in total. The molecule has 0 radical (unpaired) electrons. The lowest BCUT2D eigenvalue weighted by atomic mass is 10.3. The van der Waals surface area contributed by atoms with Crippen molar-refractivity contribution in [1.82, 2.24) is 9.97 Å². The maximum absolute atomic E-state index is 13.0. The van der Waals surface area contributed by atoms with Gasteiger partial charge >= 0.3 is 0 Å². The molecule has 0 spiro atoms. The van der Waals surface area contributed by atoms with Crippen LogP contribution in [0.25, 0.3) is 0 Å². The zero-order chi connectivity index (χ0) is 13.1. The van der Waals surface area contributed by atoms with Gasteiger partial charge in [-0.15, -0.1) is 0 Å². The Labute approximate surface area is 106 Å². The Bertz CT molecular complexity index is 607. The molecule has 0 saturated heterocycles. The van der Waals surface area contributed by atoms with Gasteiger partial charge in [0, 0.05) is 18.5 Å². The lowest BCUT2D eigenvalue weighted by molar-refractivity contribution is 0.444. The van der Waals surface area contributed by atoms with Crippen LogP contribution in [0.4, 0.5) is 8.78 Å². The maximum atomic E-state index is 13.0. The fraction of sp³-hybridized carbons (Fsp3) is 0. The minimum absolute atomic E-state index is 0.000633. The molecule has 1 aromatic heterocycles. The van der Waals surface area contributed by atoms with Crippen LogP contribution in [0.3, 0.4) is 0 Å². The van der Waals surface area contributed by atoms with Crippen LogP contribution in [0.15, 0.2) is 30.6 Å². The first-order chi connectivity index (χ1) is 8.58. The van der Waals surface area contributed by atoms with Crippen LogP contribution < -0.4 is 10.5 Å². The summed E-state index contributed by atoms with van der Waals surface area (Å²) < 4.78 is 31.0. The van der Waals surface area contributed by atoms with Gasteiger partial charge in [-0.3, -0.25) is 0 Å². The Morgan fingerprint density at radius 3 is 2.56 bits per heavy atom. The minimum Gasteiger partial charge on any atom is -0.437 e. The zero-order valence-corrected chi connectivity index (χ0v) is 9.75. The number of hydrogen-bond acceptors (Lipinski definition) is 4. The molecule has 2 rings (SSSR count). The molecule has 92 valence electrons. The van der Waals surface area contributed by atoms with Crippen molar-refractivity contribution in [3.05, 3.63) is 47.9 Å². The molecule has 1 heterocycles. The molecule has 0 unspecified atom stereocenters. The summed E-state index contributed by atoms with van der Waals surface area (Å²) in [4.78, 5) is 7.77. The first-order valence-electron chi connectivity index (χ1n) is 4.81. The molecular formula is C11H7F2N3OS. The van der Waals surface area contributed by atoms with Gasteiger partial charge in [0.2, 0.25) is 5.88 Å². The Kier molecular flexibility index (Phi) is 3.42. The number of thiocarbonyl (C=S) groups is 1. The van der Waals surface area contributed by atoms with Crippen LogP contribution in [0.5, 0.6) is 11.6 Å². The number of hydrogen-bond donors (Lipinski definition) is 1. The number of ether oxygens (including phenoxy) is 1. The number of halogens is 2. The second-order valence-electron chi connectivity index (χ2n) is 3.25. The molecular weight excluding hydrogens is 260 g/mol. The van der Waals surface area contributed by atoms with E-state index in [1.807, 2.05) is 0 Å². The van der Waals surface area contributed by atoms with Crippen molar-refractivity contribution in [3.8, 4) is 11.6 Å². The van der Waals surface area contributed by atoms with Crippen molar-refractivity contribution in [2.24, 2.45) is 5.73 Å². The van der Waals surface area contributed by atoms with Crippen LogP contribution in [0, 0.1) is 11.6 Å². The van der Waals surface area contributed by atoms with Gasteiger partial charge in [0.05, 0.1) is 0 Å². The summed E-state index contributed by atoms with van der Waals surface area (Å²) in [5.41, 5.74) is 5.62. The largest absolute Gasteiger partial charge is 0.437 e. The minimum atomic E-state index is -1.02. The number of benzene rings is 1. The highest BCUT2D eigenvalue weighted by Crippen LogP contribution is 2.23. The molecule has 2 N–H and O–H groups in total. The van der Waals surface area contributed by atoms with Crippen LogP contribution in [-0.4, -0.2) is 15.0 Å². The van der Waals surface area contributed by atoms with E-state index >= 15 is 0 Å². The molecule has 0 aliphatic heterocycles. The summed E-state index contributed by atoms with van der Waals surface area (Å²) in [5.74, 6) is -1.87. The Balaban J connectivity index is 2.34. The Morgan fingerprint density at radius 2 is 1.89 bits per heavy atom. The molecule has 0 aliphatic rings. The quantitative estimate of drug-likeness (QED) is 0.864.